The molecule has 0 spiro atoms. The Morgan fingerprint density at radius 3 is 1.70 bits per heavy atom. The van der Waals surface area contributed by atoms with Gasteiger partial charge in [0.15, 0.2) is 0 Å². The minimum Gasteiger partial charge on any atom is -0.356 e. The Balaban J connectivity index is 2.36. The predicted molar refractivity (Wildman–Crippen MR) is 89.5 cm³/mol. The molecule has 0 aliphatic carbocycles. The second-order valence-electron chi connectivity index (χ2n) is 6.16. The molecule has 0 aromatic carbocycles. The smallest absolute Gasteiger partial charge is 0.101 e. The summed E-state index contributed by atoms with van der Waals surface area (Å²) in [5, 5.41) is 0. The van der Waals surface area contributed by atoms with Crippen molar-refractivity contribution in [3.8, 4) is 0 Å². The van der Waals surface area contributed by atoms with Crippen molar-refractivity contribution in [2.45, 2.75) is 91.1 Å². The lowest BCUT2D eigenvalue weighted by Crippen LogP contribution is -2.39. The molecule has 0 fully saturated rings. The van der Waals surface area contributed by atoms with E-state index < -0.39 is 0 Å². The van der Waals surface area contributed by atoms with Crippen molar-refractivity contribution in [3.63, 3.8) is 0 Å². The summed E-state index contributed by atoms with van der Waals surface area (Å²) in [6.45, 7) is 9.36. The highest BCUT2D eigenvalue weighted by Crippen LogP contribution is 2.22. The molecule has 0 saturated heterocycles. The van der Waals surface area contributed by atoms with E-state index in [1.54, 1.807) is 0 Å². The van der Waals surface area contributed by atoms with Crippen LogP contribution in [0.4, 0.5) is 0 Å². The van der Waals surface area contributed by atoms with Crippen LogP contribution in [0.1, 0.15) is 85.0 Å². The van der Waals surface area contributed by atoms with Crippen LogP contribution in [0, 0.1) is 0 Å². The molecule has 20 heavy (non-hydrogen) atoms. The van der Waals surface area contributed by atoms with Gasteiger partial charge in [-0.2, -0.15) is 0 Å². The monoisotopic (exact) mass is 280 g/mol. The van der Waals surface area contributed by atoms with Crippen molar-refractivity contribution >= 4 is 0 Å². The van der Waals surface area contributed by atoms with Crippen LogP contribution in [0.15, 0.2) is 12.4 Å². The second kappa shape index (κ2) is 11.0. The minimum atomic E-state index is 0.647. The summed E-state index contributed by atoms with van der Waals surface area (Å²) >= 11 is 0. The van der Waals surface area contributed by atoms with Gasteiger partial charge in [-0.15, -0.1) is 0 Å². The summed E-state index contributed by atoms with van der Waals surface area (Å²) in [7, 11) is 0. The maximum Gasteiger partial charge on any atom is 0.101 e. The van der Waals surface area contributed by atoms with Crippen LogP contribution in [0.25, 0.3) is 0 Å². The van der Waals surface area contributed by atoms with Crippen LogP contribution < -0.4 is 0 Å². The van der Waals surface area contributed by atoms with Crippen molar-refractivity contribution < 1.29 is 0 Å². The van der Waals surface area contributed by atoms with Crippen LogP contribution in [0.2, 0.25) is 0 Å². The summed E-state index contributed by atoms with van der Waals surface area (Å²) in [4.78, 5) is 5.18. The number of hydrogen-bond acceptors (Lipinski definition) is 2. The molecule has 1 aliphatic rings. The Morgan fingerprint density at radius 2 is 1.15 bits per heavy atom. The van der Waals surface area contributed by atoms with E-state index in [4.69, 9.17) is 0 Å². The van der Waals surface area contributed by atoms with Crippen LogP contribution in [0.3, 0.4) is 0 Å². The molecule has 0 aromatic heterocycles. The Kier molecular flexibility index (Phi) is 9.61. The van der Waals surface area contributed by atoms with E-state index in [1.165, 1.54) is 77.3 Å². The average molecular weight is 280 g/mol. The topological polar surface area (TPSA) is 6.48 Å². The quantitative estimate of drug-likeness (QED) is 0.444. The van der Waals surface area contributed by atoms with Crippen LogP contribution in [0.5, 0.6) is 0 Å². The molecule has 1 rings (SSSR count). The molecular weight excluding hydrogens is 244 g/mol. The van der Waals surface area contributed by atoms with Gasteiger partial charge < -0.3 is 9.80 Å². The highest BCUT2D eigenvalue weighted by Gasteiger charge is 2.24. The maximum atomic E-state index is 2.59. The summed E-state index contributed by atoms with van der Waals surface area (Å²) in [6, 6.07) is 0. The molecule has 0 radical (unpaired) electrons. The van der Waals surface area contributed by atoms with E-state index in [9.17, 15) is 0 Å². The predicted octanol–water partition coefficient (Wildman–Crippen LogP) is 5.36. The summed E-state index contributed by atoms with van der Waals surface area (Å²) in [5.74, 6) is 0. The first-order chi connectivity index (χ1) is 9.83. The van der Waals surface area contributed by atoms with Crippen molar-refractivity contribution in [2.24, 2.45) is 0 Å². The van der Waals surface area contributed by atoms with Crippen molar-refractivity contribution in [2.75, 3.05) is 13.1 Å². The molecule has 2 heteroatoms. The van der Waals surface area contributed by atoms with Crippen LogP contribution >= 0.6 is 0 Å². The average Bonchev–Trinajstić information content (AvgIpc) is 2.84. The minimum absolute atomic E-state index is 0.647. The number of hydrogen-bond donors (Lipinski definition) is 0. The molecule has 1 atom stereocenters. The summed E-state index contributed by atoms with van der Waals surface area (Å²) < 4.78 is 0. The molecule has 1 heterocycles. The van der Waals surface area contributed by atoms with E-state index >= 15 is 0 Å². The van der Waals surface area contributed by atoms with Gasteiger partial charge in [-0.3, -0.25) is 0 Å². The van der Waals surface area contributed by atoms with Gasteiger partial charge >= 0.3 is 0 Å². The van der Waals surface area contributed by atoms with Crippen molar-refractivity contribution in [3.05, 3.63) is 12.4 Å². The van der Waals surface area contributed by atoms with Gasteiger partial charge in [-0.05, 0) is 25.7 Å². The molecular formula is C18H36N2. The number of rotatable bonds is 12. The van der Waals surface area contributed by atoms with Crippen LogP contribution in [-0.4, -0.2) is 29.1 Å². The third-order valence-electron chi connectivity index (χ3n) is 4.32. The van der Waals surface area contributed by atoms with Crippen molar-refractivity contribution in [1.29, 1.82) is 0 Å². The fraction of sp³-hybridized carbons (Fsp3) is 0.889. The largest absolute Gasteiger partial charge is 0.356 e. The fourth-order valence-corrected chi connectivity index (χ4v) is 2.99. The van der Waals surface area contributed by atoms with Gasteiger partial charge in [-0.25, -0.2) is 0 Å². The van der Waals surface area contributed by atoms with Gasteiger partial charge in [0.1, 0.15) is 6.17 Å². The van der Waals surface area contributed by atoms with E-state index in [0.29, 0.717) is 6.17 Å². The van der Waals surface area contributed by atoms with E-state index in [-0.39, 0.29) is 0 Å². The standard InChI is InChI=1S/C18H36N2/c1-4-7-10-12-15-20-17-16-19(14-11-8-5-2)18(20)13-9-6-3/h16-18H,4-15H2,1-3H3. The third kappa shape index (κ3) is 6.19. The zero-order valence-corrected chi connectivity index (χ0v) is 14.1. The zero-order valence-electron chi connectivity index (χ0n) is 14.1. The maximum absolute atomic E-state index is 2.59. The third-order valence-corrected chi connectivity index (χ3v) is 4.32. The normalized spacial score (nSPS) is 18.2. The molecule has 2 nitrogen and oxygen atoms in total. The van der Waals surface area contributed by atoms with Gasteiger partial charge in [-0.1, -0.05) is 59.3 Å². The van der Waals surface area contributed by atoms with Gasteiger partial charge in [0, 0.05) is 25.5 Å². The first kappa shape index (κ1) is 17.4. The summed E-state index contributed by atoms with van der Waals surface area (Å²) in [5.41, 5.74) is 0. The lowest BCUT2D eigenvalue weighted by Gasteiger charge is -2.33. The molecule has 0 bridgehead atoms. The molecule has 0 amide bonds. The lowest BCUT2D eigenvalue weighted by molar-refractivity contribution is 0.136. The fourth-order valence-electron chi connectivity index (χ4n) is 2.99. The zero-order chi connectivity index (χ0) is 14.6. The molecule has 1 unspecified atom stereocenters. The van der Waals surface area contributed by atoms with Crippen molar-refractivity contribution in [1.82, 2.24) is 9.80 Å². The first-order valence-corrected chi connectivity index (χ1v) is 9.03. The summed E-state index contributed by atoms with van der Waals surface area (Å²) in [6.07, 6.45) is 18.8. The van der Waals surface area contributed by atoms with E-state index in [1.807, 2.05) is 0 Å². The Labute approximate surface area is 127 Å². The molecule has 118 valence electrons. The van der Waals surface area contributed by atoms with Crippen LogP contribution in [-0.2, 0) is 0 Å². The van der Waals surface area contributed by atoms with Gasteiger partial charge in [0.2, 0.25) is 0 Å². The second-order valence-corrected chi connectivity index (χ2v) is 6.16. The molecule has 0 N–H and O–H groups in total. The van der Waals surface area contributed by atoms with E-state index in [2.05, 4.69) is 43.0 Å². The molecule has 0 aromatic rings. The Morgan fingerprint density at radius 1 is 0.650 bits per heavy atom. The Bertz CT molecular complexity index is 250. The first-order valence-electron chi connectivity index (χ1n) is 9.03. The Hall–Kier alpha value is -0.660. The number of nitrogens with zero attached hydrogens (tertiary/aromatic N) is 2. The van der Waals surface area contributed by atoms with Gasteiger partial charge in [0.05, 0.1) is 0 Å². The SMILES string of the molecule is CCCCCCN1C=CN(CCCCC)C1CCCC. The lowest BCUT2D eigenvalue weighted by atomic mass is 10.1. The molecule has 0 saturated carbocycles. The number of unbranched alkanes of at least 4 members (excludes halogenated alkanes) is 6. The van der Waals surface area contributed by atoms with Gasteiger partial charge in [0.25, 0.3) is 0 Å². The van der Waals surface area contributed by atoms with E-state index in [0.717, 1.165) is 0 Å². The highest BCUT2D eigenvalue weighted by atomic mass is 15.4. The highest BCUT2D eigenvalue weighted by molar-refractivity contribution is 4.96. The molecule has 1 aliphatic heterocycles.